The van der Waals surface area contributed by atoms with Gasteiger partial charge < -0.3 is 0 Å². The van der Waals surface area contributed by atoms with Gasteiger partial charge in [-0.05, 0) is 36.2 Å². The van der Waals surface area contributed by atoms with Crippen LogP contribution in [0.5, 0.6) is 0 Å². The summed E-state index contributed by atoms with van der Waals surface area (Å²) in [5.74, 6) is 0. The summed E-state index contributed by atoms with van der Waals surface area (Å²) in [5, 5.41) is 0.529. The SMILES string of the molecule is O=S(=O)(OCCc1ccc(Cl)cc1)c1ccccc1C(F)(F)F. The van der Waals surface area contributed by atoms with E-state index in [2.05, 4.69) is 0 Å². The Kier molecular flexibility index (Phi) is 5.33. The van der Waals surface area contributed by atoms with E-state index >= 15 is 0 Å². The highest BCUT2D eigenvalue weighted by molar-refractivity contribution is 7.86. The summed E-state index contributed by atoms with van der Waals surface area (Å²) in [6.45, 7) is -0.268. The van der Waals surface area contributed by atoms with Gasteiger partial charge in [0.25, 0.3) is 10.1 Å². The van der Waals surface area contributed by atoms with E-state index in [1.807, 2.05) is 0 Å². The zero-order chi connectivity index (χ0) is 17.1. The molecule has 0 radical (unpaired) electrons. The Balaban J connectivity index is 2.12. The fraction of sp³-hybridized carbons (Fsp3) is 0.200. The van der Waals surface area contributed by atoms with E-state index in [-0.39, 0.29) is 13.0 Å². The zero-order valence-electron chi connectivity index (χ0n) is 11.7. The highest BCUT2D eigenvalue weighted by Gasteiger charge is 2.37. The quantitative estimate of drug-likeness (QED) is 0.743. The van der Waals surface area contributed by atoms with Crippen molar-refractivity contribution in [3.05, 3.63) is 64.7 Å². The molecular weight excluding hydrogens is 353 g/mol. The lowest BCUT2D eigenvalue weighted by molar-refractivity contribution is -0.140. The molecule has 0 aliphatic rings. The minimum Gasteiger partial charge on any atom is -0.266 e. The molecule has 0 aromatic heterocycles. The largest absolute Gasteiger partial charge is 0.417 e. The molecule has 0 aliphatic heterocycles. The van der Waals surface area contributed by atoms with Crippen molar-refractivity contribution < 1.29 is 25.8 Å². The third-order valence-electron chi connectivity index (χ3n) is 3.00. The van der Waals surface area contributed by atoms with Crippen LogP contribution in [0.4, 0.5) is 13.2 Å². The van der Waals surface area contributed by atoms with Crippen molar-refractivity contribution >= 4 is 21.7 Å². The second kappa shape index (κ2) is 6.90. The van der Waals surface area contributed by atoms with Crippen LogP contribution in [-0.4, -0.2) is 15.0 Å². The van der Waals surface area contributed by atoms with Gasteiger partial charge in [-0.1, -0.05) is 35.9 Å². The van der Waals surface area contributed by atoms with Crippen molar-refractivity contribution in [2.24, 2.45) is 0 Å². The van der Waals surface area contributed by atoms with Crippen molar-refractivity contribution in [2.45, 2.75) is 17.5 Å². The third kappa shape index (κ3) is 4.70. The second-order valence-electron chi connectivity index (χ2n) is 4.65. The van der Waals surface area contributed by atoms with Crippen LogP contribution in [0.25, 0.3) is 0 Å². The molecule has 0 heterocycles. The van der Waals surface area contributed by atoms with Gasteiger partial charge in [0.15, 0.2) is 0 Å². The average Bonchev–Trinajstić information content (AvgIpc) is 2.48. The minimum atomic E-state index is -4.77. The van der Waals surface area contributed by atoms with Crippen molar-refractivity contribution in [1.82, 2.24) is 0 Å². The molecule has 0 bridgehead atoms. The Morgan fingerprint density at radius 3 is 2.22 bits per heavy atom. The first-order chi connectivity index (χ1) is 10.7. The molecule has 0 aliphatic carbocycles. The Morgan fingerprint density at radius 2 is 1.61 bits per heavy atom. The average molecular weight is 365 g/mol. The van der Waals surface area contributed by atoms with Crippen LogP contribution in [0.2, 0.25) is 5.02 Å². The van der Waals surface area contributed by atoms with Gasteiger partial charge in [-0.3, -0.25) is 4.18 Å². The number of rotatable bonds is 5. The Labute approximate surface area is 136 Å². The molecule has 23 heavy (non-hydrogen) atoms. The van der Waals surface area contributed by atoms with E-state index in [1.54, 1.807) is 24.3 Å². The standard InChI is InChI=1S/C15H12ClF3O3S/c16-12-7-5-11(6-8-12)9-10-22-23(20,21)14-4-2-1-3-13(14)15(17,18)19/h1-8H,9-10H2. The van der Waals surface area contributed by atoms with Crippen LogP contribution in [0, 0.1) is 0 Å². The maximum absolute atomic E-state index is 12.9. The van der Waals surface area contributed by atoms with E-state index in [0.717, 1.165) is 17.7 Å². The summed E-state index contributed by atoms with van der Waals surface area (Å²) in [5.41, 5.74) is -0.486. The molecule has 0 unspecified atom stereocenters. The topological polar surface area (TPSA) is 43.4 Å². The number of hydrogen-bond acceptors (Lipinski definition) is 3. The fourth-order valence-electron chi connectivity index (χ4n) is 1.90. The van der Waals surface area contributed by atoms with Crippen LogP contribution in [-0.2, 0) is 26.9 Å². The summed E-state index contributed by atoms with van der Waals surface area (Å²) in [7, 11) is -4.50. The molecule has 0 amide bonds. The molecule has 0 atom stereocenters. The highest BCUT2D eigenvalue weighted by atomic mass is 35.5. The molecule has 2 aromatic carbocycles. The number of halogens is 4. The zero-order valence-corrected chi connectivity index (χ0v) is 13.3. The summed E-state index contributed by atoms with van der Waals surface area (Å²) in [4.78, 5) is -0.886. The molecule has 2 aromatic rings. The van der Waals surface area contributed by atoms with Crippen molar-refractivity contribution in [3.63, 3.8) is 0 Å². The molecular formula is C15H12ClF3O3S. The van der Waals surface area contributed by atoms with Gasteiger partial charge in [-0.2, -0.15) is 21.6 Å². The Bertz CT molecular complexity index is 771. The van der Waals surface area contributed by atoms with E-state index in [1.165, 1.54) is 6.07 Å². The summed E-state index contributed by atoms with van der Waals surface area (Å²) in [6.07, 6.45) is -4.55. The molecule has 3 nitrogen and oxygen atoms in total. The normalized spacial score (nSPS) is 12.3. The minimum absolute atomic E-state index is 0.227. The van der Waals surface area contributed by atoms with Gasteiger partial charge >= 0.3 is 6.18 Å². The predicted octanol–water partition coefficient (Wildman–Crippen LogP) is 4.31. The monoisotopic (exact) mass is 364 g/mol. The number of benzene rings is 2. The van der Waals surface area contributed by atoms with E-state index < -0.39 is 26.8 Å². The van der Waals surface area contributed by atoms with Crippen LogP contribution < -0.4 is 0 Å². The molecule has 124 valence electrons. The first-order valence-electron chi connectivity index (χ1n) is 6.50. The van der Waals surface area contributed by atoms with E-state index in [9.17, 15) is 21.6 Å². The highest BCUT2D eigenvalue weighted by Crippen LogP contribution is 2.34. The van der Waals surface area contributed by atoms with Gasteiger partial charge in [0.1, 0.15) is 4.90 Å². The Morgan fingerprint density at radius 1 is 1.00 bits per heavy atom. The fourth-order valence-corrected chi connectivity index (χ4v) is 3.16. The lowest BCUT2D eigenvalue weighted by Gasteiger charge is -2.13. The maximum Gasteiger partial charge on any atom is 0.417 e. The van der Waals surface area contributed by atoms with Crippen molar-refractivity contribution in [1.29, 1.82) is 0 Å². The lowest BCUT2D eigenvalue weighted by Crippen LogP contribution is -2.16. The molecule has 0 fully saturated rings. The molecule has 2 rings (SSSR count). The lowest BCUT2D eigenvalue weighted by atomic mass is 10.2. The van der Waals surface area contributed by atoms with Gasteiger partial charge in [0, 0.05) is 5.02 Å². The van der Waals surface area contributed by atoms with Gasteiger partial charge in [0.05, 0.1) is 12.2 Å². The van der Waals surface area contributed by atoms with Crippen molar-refractivity contribution in [3.8, 4) is 0 Å². The molecule has 0 spiro atoms. The predicted molar refractivity (Wildman–Crippen MR) is 79.7 cm³/mol. The molecule has 8 heteroatoms. The number of alkyl halides is 3. The molecule has 0 N–H and O–H groups in total. The summed E-state index contributed by atoms with van der Waals surface area (Å²) in [6, 6.07) is 10.5. The maximum atomic E-state index is 12.9. The Hall–Kier alpha value is -1.57. The van der Waals surface area contributed by atoms with Crippen LogP contribution in [0.3, 0.4) is 0 Å². The van der Waals surface area contributed by atoms with Crippen LogP contribution >= 0.6 is 11.6 Å². The van der Waals surface area contributed by atoms with Gasteiger partial charge in [-0.25, -0.2) is 0 Å². The van der Waals surface area contributed by atoms with Crippen molar-refractivity contribution in [2.75, 3.05) is 6.61 Å². The third-order valence-corrected chi connectivity index (χ3v) is 4.63. The summed E-state index contributed by atoms with van der Waals surface area (Å²) >= 11 is 5.72. The summed E-state index contributed by atoms with van der Waals surface area (Å²) < 4.78 is 67.3. The van der Waals surface area contributed by atoms with Crippen LogP contribution in [0.15, 0.2) is 53.4 Å². The second-order valence-corrected chi connectivity index (χ2v) is 6.67. The van der Waals surface area contributed by atoms with E-state index in [4.69, 9.17) is 15.8 Å². The molecule has 0 saturated carbocycles. The number of hydrogen-bond donors (Lipinski definition) is 0. The molecule has 0 saturated heterocycles. The van der Waals surface area contributed by atoms with E-state index in [0.29, 0.717) is 11.1 Å². The first kappa shape index (κ1) is 17.8. The van der Waals surface area contributed by atoms with Gasteiger partial charge in [0.2, 0.25) is 0 Å². The smallest absolute Gasteiger partial charge is 0.266 e. The first-order valence-corrected chi connectivity index (χ1v) is 8.29. The van der Waals surface area contributed by atoms with Gasteiger partial charge in [-0.15, -0.1) is 0 Å². The van der Waals surface area contributed by atoms with Crippen LogP contribution in [0.1, 0.15) is 11.1 Å².